The molecule has 0 aliphatic rings. The van der Waals surface area contributed by atoms with Gasteiger partial charge in [-0.1, -0.05) is 0 Å². The number of nitrogens with zero attached hydrogens (tertiary/aromatic N) is 2. The molecule has 0 saturated heterocycles. The lowest BCUT2D eigenvalue weighted by Gasteiger charge is -2.15. The minimum atomic E-state index is -0.0765. The molecule has 1 unspecified atom stereocenters. The Morgan fingerprint density at radius 2 is 2.20 bits per heavy atom. The number of nitrogens with one attached hydrogen (secondary N) is 1. The van der Waals surface area contributed by atoms with Gasteiger partial charge in [-0.25, -0.2) is 4.98 Å². The highest BCUT2D eigenvalue weighted by Gasteiger charge is 2.10. The third-order valence-electron chi connectivity index (χ3n) is 3.21. The summed E-state index contributed by atoms with van der Waals surface area (Å²) in [5, 5.41) is 3.18. The van der Waals surface area contributed by atoms with Crippen LogP contribution in [-0.2, 0) is 6.42 Å². The Morgan fingerprint density at radius 1 is 1.40 bits per heavy atom. The number of anilines is 1. The summed E-state index contributed by atoms with van der Waals surface area (Å²) in [5.41, 5.74) is -0.0765. The minimum absolute atomic E-state index is 0.0765. The molecule has 2 rings (SSSR count). The van der Waals surface area contributed by atoms with E-state index in [1.54, 1.807) is 23.2 Å². The Bertz CT molecular complexity index is 587. The molecule has 2 aromatic heterocycles. The molecule has 1 atom stereocenters. The van der Waals surface area contributed by atoms with Gasteiger partial charge in [0.05, 0.1) is 6.26 Å². The molecule has 5 nitrogen and oxygen atoms in total. The van der Waals surface area contributed by atoms with Crippen LogP contribution in [0.15, 0.2) is 40.0 Å². The van der Waals surface area contributed by atoms with Gasteiger partial charge in [-0.3, -0.25) is 4.79 Å². The van der Waals surface area contributed by atoms with E-state index in [9.17, 15) is 4.79 Å². The molecule has 2 heterocycles. The van der Waals surface area contributed by atoms with E-state index in [-0.39, 0.29) is 17.6 Å². The molecule has 2 aromatic rings. The van der Waals surface area contributed by atoms with Gasteiger partial charge >= 0.3 is 0 Å². The summed E-state index contributed by atoms with van der Waals surface area (Å²) in [6.07, 6.45) is 6.76. The first-order chi connectivity index (χ1) is 9.58. The smallest absolute Gasteiger partial charge is 0.293 e. The maximum Gasteiger partial charge on any atom is 0.293 e. The van der Waals surface area contributed by atoms with E-state index in [0.29, 0.717) is 5.82 Å². The third-order valence-corrected chi connectivity index (χ3v) is 3.21. The van der Waals surface area contributed by atoms with Crippen molar-refractivity contribution in [3.63, 3.8) is 0 Å². The molecular weight excluding hydrogens is 254 g/mol. The maximum atomic E-state index is 12.2. The van der Waals surface area contributed by atoms with Crippen LogP contribution >= 0.6 is 0 Å². The number of hydrogen-bond acceptors (Lipinski definition) is 4. The summed E-state index contributed by atoms with van der Waals surface area (Å²) in [7, 11) is 0. The number of hydrogen-bond donors (Lipinski definition) is 1. The van der Waals surface area contributed by atoms with Crippen LogP contribution in [0.3, 0.4) is 0 Å². The van der Waals surface area contributed by atoms with Gasteiger partial charge in [0.1, 0.15) is 5.76 Å². The molecule has 0 aromatic carbocycles. The van der Waals surface area contributed by atoms with Crippen molar-refractivity contribution in [2.45, 2.75) is 45.7 Å². The second-order valence-electron chi connectivity index (χ2n) is 5.25. The Kier molecular flexibility index (Phi) is 4.61. The average molecular weight is 275 g/mol. The van der Waals surface area contributed by atoms with Gasteiger partial charge in [0, 0.05) is 30.9 Å². The third kappa shape index (κ3) is 3.50. The molecule has 0 spiro atoms. The average Bonchev–Trinajstić information content (AvgIpc) is 2.91. The van der Waals surface area contributed by atoms with Crippen molar-refractivity contribution >= 4 is 5.82 Å². The number of furan rings is 1. The predicted molar refractivity (Wildman–Crippen MR) is 79.0 cm³/mol. The van der Waals surface area contributed by atoms with Crippen LogP contribution in [0.5, 0.6) is 0 Å². The molecule has 0 aliphatic heterocycles. The van der Waals surface area contributed by atoms with E-state index >= 15 is 0 Å². The van der Waals surface area contributed by atoms with Crippen LogP contribution in [0.1, 0.15) is 39.0 Å². The van der Waals surface area contributed by atoms with Gasteiger partial charge in [-0.2, -0.15) is 0 Å². The Labute approximate surface area is 118 Å². The number of rotatable bonds is 6. The molecular formula is C15H21N3O2. The zero-order valence-electron chi connectivity index (χ0n) is 12.2. The lowest BCUT2D eigenvalue weighted by atomic mass is 10.1. The quantitative estimate of drug-likeness (QED) is 0.880. The number of aryl methyl sites for hydroxylation is 1. The van der Waals surface area contributed by atoms with Crippen LogP contribution in [0.25, 0.3) is 0 Å². The molecule has 20 heavy (non-hydrogen) atoms. The molecule has 0 saturated carbocycles. The van der Waals surface area contributed by atoms with Crippen molar-refractivity contribution in [3.05, 3.63) is 46.9 Å². The molecule has 108 valence electrons. The lowest BCUT2D eigenvalue weighted by Crippen LogP contribution is -2.29. The standard InChI is InChI=1S/C15H21N3O2/c1-11(2)18-9-8-16-14(15(18)19)17-12(3)6-7-13-5-4-10-20-13/h4-5,8-12H,6-7H2,1-3H3,(H,16,17). The first kappa shape index (κ1) is 14.4. The van der Waals surface area contributed by atoms with Crippen molar-refractivity contribution in [1.29, 1.82) is 0 Å². The fourth-order valence-corrected chi connectivity index (χ4v) is 2.05. The highest BCUT2D eigenvalue weighted by molar-refractivity contribution is 5.32. The van der Waals surface area contributed by atoms with Crippen molar-refractivity contribution in [2.75, 3.05) is 5.32 Å². The zero-order chi connectivity index (χ0) is 14.5. The molecule has 0 fully saturated rings. The van der Waals surface area contributed by atoms with Gasteiger partial charge in [-0.15, -0.1) is 0 Å². The molecule has 0 bridgehead atoms. The number of aromatic nitrogens is 2. The summed E-state index contributed by atoms with van der Waals surface area (Å²) in [5.74, 6) is 1.37. The van der Waals surface area contributed by atoms with Crippen molar-refractivity contribution in [3.8, 4) is 0 Å². The summed E-state index contributed by atoms with van der Waals surface area (Å²) in [4.78, 5) is 16.3. The molecule has 1 N–H and O–H groups in total. The predicted octanol–water partition coefficient (Wildman–Crippen LogP) is 2.85. The first-order valence-electron chi connectivity index (χ1n) is 6.94. The molecule has 0 amide bonds. The van der Waals surface area contributed by atoms with Crippen molar-refractivity contribution < 1.29 is 4.42 Å². The fourth-order valence-electron chi connectivity index (χ4n) is 2.05. The molecule has 0 aliphatic carbocycles. The topological polar surface area (TPSA) is 60.1 Å². The van der Waals surface area contributed by atoms with E-state index in [0.717, 1.165) is 18.6 Å². The monoisotopic (exact) mass is 275 g/mol. The van der Waals surface area contributed by atoms with Gasteiger partial charge in [0.2, 0.25) is 0 Å². The summed E-state index contributed by atoms with van der Waals surface area (Å²) < 4.78 is 6.97. The van der Waals surface area contributed by atoms with E-state index < -0.39 is 0 Å². The highest BCUT2D eigenvalue weighted by atomic mass is 16.3. The lowest BCUT2D eigenvalue weighted by molar-refractivity contribution is 0.494. The van der Waals surface area contributed by atoms with Crippen LogP contribution in [0.4, 0.5) is 5.82 Å². The largest absolute Gasteiger partial charge is 0.469 e. The SMILES string of the molecule is CC(CCc1ccco1)Nc1nccn(C(C)C)c1=O. The second-order valence-corrected chi connectivity index (χ2v) is 5.25. The van der Waals surface area contributed by atoms with Crippen LogP contribution in [-0.4, -0.2) is 15.6 Å². The second kappa shape index (κ2) is 6.41. The van der Waals surface area contributed by atoms with E-state index in [1.807, 2.05) is 32.9 Å². The Morgan fingerprint density at radius 3 is 2.85 bits per heavy atom. The normalized spacial score (nSPS) is 12.6. The Hall–Kier alpha value is -2.04. The van der Waals surface area contributed by atoms with Gasteiger partial charge in [-0.05, 0) is 39.3 Å². The van der Waals surface area contributed by atoms with Gasteiger partial charge in [0.15, 0.2) is 5.82 Å². The maximum absolute atomic E-state index is 12.2. The van der Waals surface area contributed by atoms with Gasteiger partial charge in [0.25, 0.3) is 5.56 Å². The van der Waals surface area contributed by atoms with E-state index in [1.165, 1.54) is 0 Å². The van der Waals surface area contributed by atoms with E-state index in [4.69, 9.17) is 4.42 Å². The van der Waals surface area contributed by atoms with Crippen LogP contribution < -0.4 is 10.9 Å². The zero-order valence-corrected chi connectivity index (χ0v) is 12.2. The molecule has 0 radical (unpaired) electrons. The highest BCUT2D eigenvalue weighted by Crippen LogP contribution is 2.09. The molecule has 5 heteroatoms. The van der Waals surface area contributed by atoms with Crippen molar-refractivity contribution in [1.82, 2.24) is 9.55 Å². The summed E-state index contributed by atoms with van der Waals surface area (Å²) in [6.45, 7) is 5.99. The van der Waals surface area contributed by atoms with Crippen molar-refractivity contribution in [2.24, 2.45) is 0 Å². The fraction of sp³-hybridized carbons (Fsp3) is 0.467. The van der Waals surface area contributed by atoms with Crippen LogP contribution in [0, 0.1) is 0 Å². The minimum Gasteiger partial charge on any atom is -0.469 e. The summed E-state index contributed by atoms with van der Waals surface area (Å²) >= 11 is 0. The first-order valence-corrected chi connectivity index (χ1v) is 6.94. The Balaban J connectivity index is 1.99. The summed E-state index contributed by atoms with van der Waals surface area (Å²) in [6, 6.07) is 4.12. The van der Waals surface area contributed by atoms with Gasteiger partial charge < -0.3 is 14.3 Å². The van der Waals surface area contributed by atoms with E-state index in [2.05, 4.69) is 10.3 Å². The van der Waals surface area contributed by atoms with Crippen LogP contribution in [0.2, 0.25) is 0 Å².